The zero-order valence-corrected chi connectivity index (χ0v) is 10.5. The molecule has 0 fully saturated rings. The second-order valence-corrected chi connectivity index (χ2v) is 4.09. The van der Waals surface area contributed by atoms with Crippen molar-refractivity contribution in [2.24, 2.45) is 0 Å². The van der Waals surface area contributed by atoms with Crippen molar-refractivity contribution in [1.29, 1.82) is 0 Å². The summed E-state index contributed by atoms with van der Waals surface area (Å²) in [5.74, 6) is -1.21. The van der Waals surface area contributed by atoms with Crippen molar-refractivity contribution in [2.75, 3.05) is 18.5 Å². The van der Waals surface area contributed by atoms with Gasteiger partial charge in [0.2, 0.25) is 0 Å². The van der Waals surface area contributed by atoms with E-state index in [0.717, 1.165) is 6.07 Å². The molecular weight excluding hydrogens is 252 g/mol. The zero-order valence-electron chi connectivity index (χ0n) is 10.5. The van der Waals surface area contributed by atoms with E-state index in [1.807, 2.05) is 0 Å². The number of hydrogen-bond acceptors (Lipinski definition) is 5. The van der Waals surface area contributed by atoms with Gasteiger partial charge in [0.05, 0.1) is 10.5 Å². The molecular formula is C12H16N2O5. The molecule has 0 bridgehead atoms. The van der Waals surface area contributed by atoms with Crippen LogP contribution in [0.4, 0.5) is 11.4 Å². The highest BCUT2D eigenvalue weighted by Crippen LogP contribution is 2.27. The first-order valence-corrected chi connectivity index (χ1v) is 5.84. The van der Waals surface area contributed by atoms with Crippen LogP contribution in [0.5, 0.6) is 0 Å². The Kier molecular flexibility index (Phi) is 5.25. The number of anilines is 1. The lowest BCUT2D eigenvalue weighted by Crippen LogP contribution is -2.08. The van der Waals surface area contributed by atoms with Crippen molar-refractivity contribution >= 4 is 17.3 Å². The summed E-state index contributed by atoms with van der Waals surface area (Å²) in [6, 6.07) is 2.43. The van der Waals surface area contributed by atoms with Gasteiger partial charge in [-0.25, -0.2) is 4.79 Å². The number of hydrogen-bond donors (Lipinski definition) is 3. The first-order valence-electron chi connectivity index (χ1n) is 5.84. The minimum atomic E-state index is -1.21. The highest BCUT2D eigenvalue weighted by Gasteiger charge is 2.18. The van der Waals surface area contributed by atoms with E-state index in [4.69, 9.17) is 10.2 Å². The number of aliphatic hydroxyl groups excluding tert-OH is 1. The molecule has 0 aromatic heterocycles. The third kappa shape index (κ3) is 3.92. The van der Waals surface area contributed by atoms with Crippen molar-refractivity contribution in [3.8, 4) is 0 Å². The number of carboxylic acid groups (broad SMARTS) is 1. The van der Waals surface area contributed by atoms with E-state index in [1.165, 1.54) is 6.07 Å². The predicted molar refractivity (Wildman–Crippen MR) is 69.6 cm³/mol. The number of carboxylic acids is 1. The lowest BCUT2D eigenvalue weighted by atomic mass is 10.1. The fourth-order valence-electron chi connectivity index (χ4n) is 1.66. The maximum Gasteiger partial charge on any atom is 0.336 e. The fourth-order valence-corrected chi connectivity index (χ4v) is 1.66. The molecule has 1 aromatic carbocycles. The third-order valence-corrected chi connectivity index (χ3v) is 2.72. The van der Waals surface area contributed by atoms with Gasteiger partial charge in [-0.15, -0.1) is 0 Å². The molecule has 19 heavy (non-hydrogen) atoms. The fraction of sp³-hybridized carbons (Fsp3) is 0.417. The molecule has 7 nitrogen and oxygen atoms in total. The van der Waals surface area contributed by atoms with Gasteiger partial charge in [0.1, 0.15) is 0 Å². The zero-order chi connectivity index (χ0) is 14.4. The normalized spacial score (nSPS) is 10.2. The summed E-state index contributed by atoms with van der Waals surface area (Å²) in [5.41, 5.74) is 0.495. The Hall–Kier alpha value is -2.15. The second-order valence-electron chi connectivity index (χ2n) is 4.09. The van der Waals surface area contributed by atoms with Crippen molar-refractivity contribution < 1.29 is 19.9 Å². The SMILES string of the molecule is Cc1c(NCCCCO)cc(C(=O)O)cc1[N+](=O)[O-]. The van der Waals surface area contributed by atoms with Crippen LogP contribution in [0.3, 0.4) is 0 Å². The van der Waals surface area contributed by atoms with Gasteiger partial charge in [0.25, 0.3) is 5.69 Å². The molecule has 104 valence electrons. The molecule has 0 aliphatic heterocycles. The van der Waals surface area contributed by atoms with E-state index in [2.05, 4.69) is 5.32 Å². The largest absolute Gasteiger partial charge is 0.478 e. The minimum absolute atomic E-state index is 0.0793. The van der Waals surface area contributed by atoms with E-state index >= 15 is 0 Å². The minimum Gasteiger partial charge on any atom is -0.478 e. The van der Waals surface area contributed by atoms with Crippen LogP contribution in [-0.2, 0) is 0 Å². The monoisotopic (exact) mass is 268 g/mol. The number of rotatable bonds is 7. The second kappa shape index (κ2) is 6.69. The highest BCUT2D eigenvalue weighted by atomic mass is 16.6. The summed E-state index contributed by atoms with van der Waals surface area (Å²) >= 11 is 0. The van der Waals surface area contributed by atoms with Crippen molar-refractivity contribution in [3.05, 3.63) is 33.4 Å². The van der Waals surface area contributed by atoms with Crippen molar-refractivity contribution in [1.82, 2.24) is 0 Å². The molecule has 0 saturated heterocycles. The van der Waals surface area contributed by atoms with Gasteiger partial charge >= 0.3 is 5.97 Å². The standard InChI is InChI=1S/C12H16N2O5/c1-8-10(13-4-2-3-5-15)6-9(12(16)17)7-11(8)14(18)19/h6-7,13,15H,2-5H2,1H3,(H,16,17). The number of nitro groups is 1. The molecule has 0 aliphatic carbocycles. The Labute approximate surface area is 110 Å². The smallest absolute Gasteiger partial charge is 0.336 e. The number of nitrogens with zero attached hydrogens (tertiary/aromatic N) is 1. The van der Waals surface area contributed by atoms with Crippen LogP contribution in [0, 0.1) is 17.0 Å². The molecule has 0 atom stereocenters. The van der Waals surface area contributed by atoms with Crippen molar-refractivity contribution in [3.63, 3.8) is 0 Å². The quantitative estimate of drug-likeness (QED) is 0.394. The number of aromatic carboxylic acids is 1. The summed E-state index contributed by atoms with van der Waals surface area (Å²) in [4.78, 5) is 21.2. The molecule has 0 unspecified atom stereocenters. The molecule has 7 heteroatoms. The van der Waals surface area contributed by atoms with E-state index in [1.54, 1.807) is 6.92 Å². The van der Waals surface area contributed by atoms with Crippen LogP contribution in [0.1, 0.15) is 28.8 Å². The summed E-state index contributed by atoms with van der Waals surface area (Å²) in [6.45, 7) is 2.16. The van der Waals surface area contributed by atoms with Crippen LogP contribution in [0.15, 0.2) is 12.1 Å². The number of nitro benzene ring substituents is 1. The van der Waals surface area contributed by atoms with E-state index in [0.29, 0.717) is 30.6 Å². The van der Waals surface area contributed by atoms with Crippen LogP contribution in [0.2, 0.25) is 0 Å². The molecule has 1 rings (SSSR count). The summed E-state index contributed by atoms with van der Waals surface area (Å²) in [6.07, 6.45) is 1.31. The van der Waals surface area contributed by atoms with Gasteiger partial charge in [-0.1, -0.05) is 0 Å². The Balaban J connectivity index is 3.01. The Morgan fingerprint density at radius 2 is 2.11 bits per heavy atom. The number of benzene rings is 1. The summed E-state index contributed by atoms with van der Waals surface area (Å²) in [7, 11) is 0. The maximum atomic E-state index is 10.9. The molecule has 0 amide bonds. The first kappa shape index (κ1) is 14.9. The van der Waals surface area contributed by atoms with Gasteiger partial charge in [0.15, 0.2) is 0 Å². The van der Waals surface area contributed by atoms with Crippen LogP contribution in [-0.4, -0.2) is 34.3 Å². The number of carbonyl (C=O) groups is 1. The number of aliphatic hydroxyl groups is 1. The molecule has 0 aliphatic rings. The molecule has 0 heterocycles. The van der Waals surface area contributed by atoms with Gasteiger partial charge in [-0.2, -0.15) is 0 Å². The van der Waals surface area contributed by atoms with Crippen molar-refractivity contribution in [2.45, 2.75) is 19.8 Å². The Bertz CT molecular complexity index is 487. The average molecular weight is 268 g/mol. The molecule has 0 spiro atoms. The summed E-state index contributed by atoms with van der Waals surface area (Å²) < 4.78 is 0. The molecule has 1 aromatic rings. The summed E-state index contributed by atoms with van der Waals surface area (Å²) in [5, 5.41) is 31.4. The Morgan fingerprint density at radius 1 is 1.42 bits per heavy atom. The maximum absolute atomic E-state index is 10.9. The molecule has 0 radical (unpaired) electrons. The van der Waals surface area contributed by atoms with Gasteiger partial charge in [0, 0.05) is 30.5 Å². The van der Waals surface area contributed by atoms with Crippen LogP contribution < -0.4 is 5.32 Å². The third-order valence-electron chi connectivity index (χ3n) is 2.72. The first-order chi connectivity index (χ1) is 8.97. The average Bonchev–Trinajstić information content (AvgIpc) is 2.35. The number of nitrogens with one attached hydrogen (secondary N) is 1. The van der Waals surface area contributed by atoms with Crippen LogP contribution in [0.25, 0.3) is 0 Å². The van der Waals surface area contributed by atoms with E-state index in [-0.39, 0.29) is 17.9 Å². The molecule has 3 N–H and O–H groups in total. The predicted octanol–water partition coefficient (Wildman–Crippen LogP) is 1.79. The highest BCUT2D eigenvalue weighted by molar-refractivity contribution is 5.90. The lowest BCUT2D eigenvalue weighted by Gasteiger charge is -2.10. The van der Waals surface area contributed by atoms with Crippen LogP contribution >= 0.6 is 0 Å². The Morgan fingerprint density at radius 3 is 2.63 bits per heavy atom. The van der Waals surface area contributed by atoms with Gasteiger partial charge in [-0.3, -0.25) is 10.1 Å². The lowest BCUT2D eigenvalue weighted by molar-refractivity contribution is -0.385. The topological polar surface area (TPSA) is 113 Å². The van der Waals surface area contributed by atoms with E-state index < -0.39 is 10.9 Å². The number of unbranched alkanes of at least 4 members (excludes halogenated alkanes) is 1. The molecule has 0 saturated carbocycles. The van der Waals surface area contributed by atoms with Gasteiger partial charge in [-0.05, 0) is 25.8 Å². The van der Waals surface area contributed by atoms with E-state index in [9.17, 15) is 14.9 Å². The van der Waals surface area contributed by atoms with Gasteiger partial charge < -0.3 is 15.5 Å².